The van der Waals surface area contributed by atoms with Crippen LogP contribution in [-0.4, -0.2) is 45.3 Å². The summed E-state index contributed by atoms with van der Waals surface area (Å²) < 4.78 is 0. The molecule has 2 heterocycles. The molecule has 78 valence electrons. The molecule has 2 aliphatic heterocycles. The third-order valence-corrected chi connectivity index (χ3v) is 3.25. The van der Waals surface area contributed by atoms with E-state index in [1.54, 1.807) is 0 Å². The highest BCUT2D eigenvalue weighted by Gasteiger charge is 2.56. The number of nitrogens with zero attached hydrogens (tertiary/aromatic N) is 1. The number of rotatable bonds is 1. The fraction of sp³-hybridized carbons (Fsp3) is 0.750. The minimum Gasteiger partial charge on any atom is -0.481 e. The van der Waals surface area contributed by atoms with Crippen LogP contribution in [-0.2, 0) is 4.79 Å². The zero-order chi connectivity index (χ0) is 10.5. The lowest BCUT2D eigenvalue weighted by Gasteiger charge is -2.21. The maximum absolute atomic E-state index is 10.9. The molecule has 6 nitrogen and oxygen atoms in total. The minimum atomic E-state index is -1.06. The Morgan fingerprint density at radius 3 is 2.14 bits per heavy atom. The van der Waals surface area contributed by atoms with E-state index in [1.807, 2.05) is 0 Å². The second-order valence-corrected chi connectivity index (χ2v) is 3.84. The zero-order valence-corrected chi connectivity index (χ0v) is 7.46. The maximum Gasteiger partial charge on any atom is 0.407 e. The highest BCUT2D eigenvalue weighted by atomic mass is 16.4. The molecule has 2 aliphatic rings. The van der Waals surface area contributed by atoms with Gasteiger partial charge in [0.2, 0.25) is 0 Å². The van der Waals surface area contributed by atoms with Crippen molar-refractivity contribution in [3.05, 3.63) is 0 Å². The summed E-state index contributed by atoms with van der Waals surface area (Å²) >= 11 is 0. The van der Waals surface area contributed by atoms with Gasteiger partial charge in [-0.2, -0.15) is 0 Å². The molecule has 1 amide bonds. The molecule has 2 saturated heterocycles. The normalized spacial score (nSPS) is 40.2. The van der Waals surface area contributed by atoms with Crippen LogP contribution in [0.5, 0.6) is 0 Å². The van der Waals surface area contributed by atoms with E-state index in [0.29, 0.717) is 12.8 Å². The van der Waals surface area contributed by atoms with Crippen LogP contribution in [0.15, 0.2) is 0 Å². The summed E-state index contributed by atoms with van der Waals surface area (Å²) in [4.78, 5) is 22.9. The van der Waals surface area contributed by atoms with Gasteiger partial charge in [0.15, 0.2) is 0 Å². The number of carboxylic acids is 1. The molecule has 0 aliphatic carbocycles. The molecule has 6 heteroatoms. The Bertz CT molecular complexity index is 277. The van der Waals surface area contributed by atoms with Crippen LogP contribution >= 0.6 is 0 Å². The number of hydrogen-bond donors (Lipinski definition) is 3. The van der Waals surface area contributed by atoms with E-state index < -0.39 is 30.1 Å². The quantitative estimate of drug-likeness (QED) is 0.531. The van der Waals surface area contributed by atoms with Crippen molar-refractivity contribution in [1.82, 2.24) is 4.90 Å². The Morgan fingerprint density at radius 1 is 1.21 bits per heavy atom. The Balaban J connectivity index is 2.28. The molecule has 4 unspecified atom stereocenters. The third kappa shape index (κ3) is 1.00. The number of carbonyl (C=O) groups is 2. The van der Waals surface area contributed by atoms with Crippen molar-refractivity contribution in [2.45, 2.75) is 31.0 Å². The van der Waals surface area contributed by atoms with Gasteiger partial charge in [0.25, 0.3) is 0 Å². The first kappa shape index (κ1) is 9.26. The number of aliphatic carboxylic acids is 1. The highest BCUT2D eigenvalue weighted by molar-refractivity contribution is 5.76. The monoisotopic (exact) mass is 200 g/mol. The van der Waals surface area contributed by atoms with Gasteiger partial charge in [0, 0.05) is 6.04 Å². The standard InChI is InChI=1S/C8H12N2O4/c9-6-4-2-1-3(5(6)7(11)12)10(4)8(13)14/h3-6H,1-2,9H2,(H,11,12)(H,13,14). The summed E-state index contributed by atoms with van der Waals surface area (Å²) in [5.74, 6) is -1.72. The molecular weight excluding hydrogens is 188 g/mol. The number of hydrogen-bond acceptors (Lipinski definition) is 3. The van der Waals surface area contributed by atoms with Crippen molar-refractivity contribution >= 4 is 12.1 Å². The predicted molar refractivity (Wildman–Crippen MR) is 45.8 cm³/mol. The lowest BCUT2D eigenvalue weighted by Crippen LogP contribution is -2.43. The average molecular weight is 200 g/mol. The van der Waals surface area contributed by atoms with Gasteiger partial charge in [-0.25, -0.2) is 4.79 Å². The summed E-state index contributed by atoms with van der Waals surface area (Å²) in [6, 6.07) is -1.29. The second-order valence-electron chi connectivity index (χ2n) is 3.84. The van der Waals surface area contributed by atoms with Crippen molar-refractivity contribution in [3.8, 4) is 0 Å². The van der Waals surface area contributed by atoms with Crippen LogP contribution in [0.3, 0.4) is 0 Å². The van der Waals surface area contributed by atoms with Gasteiger partial charge in [0.1, 0.15) is 0 Å². The first-order valence-electron chi connectivity index (χ1n) is 4.53. The van der Waals surface area contributed by atoms with Crippen LogP contribution in [0.4, 0.5) is 4.79 Å². The Kier molecular flexibility index (Phi) is 1.88. The van der Waals surface area contributed by atoms with Crippen molar-refractivity contribution < 1.29 is 19.8 Å². The van der Waals surface area contributed by atoms with Crippen molar-refractivity contribution in [2.75, 3.05) is 0 Å². The molecule has 4 atom stereocenters. The Hall–Kier alpha value is -1.30. The van der Waals surface area contributed by atoms with E-state index in [4.69, 9.17) is 15.9 Å². The van der Waals surface area contributed by atoms with E-state index in [-0.39, 0.29) is 6.04 Å². The molecule has 0 saturated carbocycles. The largest absolute Gasteiger partial charge is 0.481 e. The van der Waals surface area contributed by atoms with Gasteiger partial charge in [0.05, 0.1) is 18.0 Å². The van der Waals surface area contributed by atoms with Crippen molar-refractivity contribution in [3.63, 3.8) is 0 Å². The van der Waals surface area contributed by atoms with Gasteiger partial charge < -0.3 is 15.9 Å². The highest BCUT2D eigenvalue weighted by Crippen LogP contribution is 2.40. The number of amides is 1. The lowest BCUT2D eigenvalue weighted by molar-refractivity contribution is -0.143. The van der Waals surface area contributed by atoms with Gasteiger partial charge in [-0.05, 0) is 12.8 Å². The molecular formula is C8H12N2O4. The molecule has 0 aromatic heterocycles. The van der Waals surface area contributed by atoms with Gasteiger partial charge >= 0.3 is 12.1 Å². The molecule has 2 rings (SSSR count). The number of carboxylic acid groups (broad SMARTS) is 2. The van der Waals surface area contributed by atoms with E-state index in [1.165, 1.54) is 4.90 Å². The van der Waals surface area contributed by atoms with Crippen molar-refractivity contribution in [1.29, 1.82) is 0 Å². The van der Waals surface area contributed by atoms with E-state index >= 15 is 0 Å². The summed E-state index contributed by atoms with van der Waals surface area (Å²) in [5.41, 5.74) is 5.71. The summed E-state index contributed by atoms with van der Waals surface area (Å²) in [6.45, 7) is 0. The summed E-state index contributed by atoms with van der Waals surface area (Å²) in [6.07, 6.45) is 0.237. The molecule has 0 aromatic rings. The van der Waals surface area contributed by atoms with E-state index in [0.717, 1.165) is 0 Å². The first-order chi connectivity index (χ1) is 6.54. The first-order valence-corrected chi connectivity index (χ1v) is 4.53. The zero-order valence-electron chi connectivity index (χ0n) is 7.46. The molecule has 0 aromatic carbocycles. The lowest BCUT2D eigenvalue weighted by atomic mass is 9.85. The van der Waals surface area contributed by atoms with Crippen LogP contribution in [0.25, 0.3) is 0 Å². The molecule has 2 bridgehead atoms. The smallest absolute Gasteiger partial charge is 0.407 e. The van der Waals surface area contributed by atoms with E-state index in [2.05, 4.69) is 0 Å². The SMILES string of the molecule is NC1C(C(=O)O)C2CCC1N2C(=O)O. The van der Waals surface area contributed by atoms with Gasteiger partial charge in [-0.15, -0.1) is 0 Å². The topological polar surface area (TPSA) is 104 Å². The molecule has 14 heavy (non-hydrogen) atoms. The maximum atomic E-state index is 10.9. The average Bonchev–Trinajstić information content (AvgIpc) is 2.57. The summed E-state index contributed by atoms with van der Waals surface area (Å²) in [7, 11) is 0. The van der Waals surface area contributed by atoms with E-state index in [9.17, 15) is 9.59 Å². The predicted octanol–water partition coefficient (Wildman–Crippen LogP) is -0.461. The van der Waals surface area contributed by atoms with Crippen molar-refractivity contribution in [2.24, 2.45) is 11.7 Å². The second kappa shape index (κ2) is 2.84. The van der Waals surface area contributed by atoms with Crippen LogP contribution < -0.4 is 5.73 Å². The fourth-order valence-electron chi connectivity index (χ4n) is 2.70. The molecule has 0 spiro atoms. The summed E-state index contributed by atoms with van der Waals surface area (Å²) in [5, 5.41) is 17.8. The fourth-order valence-corrected chi connectivity index (χ4v) is 2.70. The Morgan fingerprint density at radius 2 is 1.79 bits per heavy atom. The third-order valence-electron chi connectivity index (χ3n) is 3.25. The van der Waals surface area contributed by atoms with Gasteiger partial charge in [-0.1, -0.05) is 0 Å². The molecule has 4 N–H and O–H groups in total. The number of nitrogens with two attached hydrogens (primary N) is 1. The van der Waals surface area contributed by atoms with Crippen LogP contribution in [0.1, 0.15) is 12.8 Å². The van der Waals surface area contributed by atoms with Crippen LogP contribution in [0.2, 0.25) is 0 Å². The molecule has 0 radical (unpaired) electrons. The Labute approximate surface area is 80.3 Å². The minimum absolute atomic E-state index is 0.307. The van der Waals surface area contributed by atoms with Crippen LogP contribution in [0, 0.1) is 5.92 Å². The van der Waals surface area contributed by atoms with Gasteiger partial charge in [-0.3, -0.25) is 9.69 Å². The number of fused-ring (bicyclic) bond motifs is 2. The molecule has 2 fully saturated rings.